The van der Waals surface area contributed by atoms with Gasteiger partial charge in [-0.1, -0.05) is 0 Å². The van der Waals surface area contributed by atoms with Crippen molar-refractivity contribution in [3.63, 3.8) is 0 Å². The largest absolute Gasteiger partial charge is 0.391 e. The van der Waals surface area contributed by atoms with Crippen LogP contribution >= 0.6 is 0 Å². The van der Waals surface area contributed by atoms with Crippen molar-refractivity contribution in [1.82, 2.24) is 10.2 Å². The molecule has 3 atom stereocenters. The summed E-state index contributed by atoms with van der Waals surface area (Å²) in [5.74, 6) is -0.632. The minimum atomic E-state index is -0.860. The maximum Gasteiger partial charge on any atom is 0.242 e. The summed E-state index contributed by atoms with van der Waals surface area (Å²) in [7, 11) is 0. The average Bonchev–Trinajstić information content (AvgIpc) is 2.61. The first-order chi connectivity index (χ1) is 7.49. The number of likely N-dealkylation sites (tertiary alicyclic amines) is 1. The van der Waals surface area contributed by atoms with Crippen molar-refractivity contribution < 1.29 is 14.7 Å². The molecule has 2 saturated heterocycles. The van der Waals surface area contributed by atoms with E-state index >= 15 is 0 Å². The average molecular weight is 227 g/mol. The van der Waals surface area contributed by atoms with Crippen molar-refractivity contribution in [2.24, 2.45) is 5.73 Å². The van der Waals surface area contributed by atoms with Crippen LogP contribution in [0.1, 0.15) is 19.8 Å². The van der Waals surface area contributed by atoms with Gasteiger partial charge in [0.15, 0.2) is 0 Å². The first-order valence-electron chi connectivity index (χ1n) is 5.51. The van der Waals surface area contributed by atoms with Gasteiger partial charge in [-0.2, -0.15) is 0 Å². The summed E-state index contributed by atoms with van der Waals surface area (Å²) in [6.07, 6.45) is 0.722. The van der Waals surface area contributed by atoms with Crippen molar-refractivity contribution in [2.75, 3.05) is 13.1 Å². The zero-order chi connectivity index (χ0) is 11.9. The van der Waals surface area contributed by atoms with Gasteiger partial charge in [-0.15, -0.1) is 0 Å². The SMILES string of the molecule is CC(O)C(C(N)=O)N1CCCC12CNC2=O. The quantitative estimate of drug-likeness (QED) is 0.495. The third-order valence-electron chi connectivity index (χ3n) is 3.59. The lowest BCUT2D eigenvalue weighted by atomic mass is 9.86. The third kappa shape index (κ3) is 1.41. The standard InChI is InChI=1S/C10H17N3O3/c1-6(14)7(8(11)15)13-4-2-3-10(13)5-12-9(10)16/h6-7,14H,2-5H2,1H3,(H2,11,15)(H,12,16). The van der Waals surface area contributed by atoms with E-state index in [4.69, 9.17) is 5.73 Å². The molecule has 2 fully saturated rings. The second-order valence-corrected chi connectivity index (χ2v) is 4.60. The Balaban J connectivity index is 2.25. The van der Waals surface area contributed by atoms with Crippen molar-refractivity contribution in [3.8, 4) is 0 Å². The molecule has 16 heavy (non-hydrogen) atoms. The van der Waals surface area contributed by atoms with E-state index < -0.39 is 23.6 Å². The van der Waals surface area contributed by atoms with Gasteiger partial charge in [0, 0.05) is 13.1 Å². The first-order valence-corrected chi connectivity index (χ1v) is 5.51. The Hall–Kier alpha value is -1.14. The molecule has 2 aliphatic heterocycles. The van der Waals surface area contributed by atoms with Gasteiger partial charge in [0.2, 0.25) is 11.8 Å². The van der Waals surface area contributed by atoms with Crippen molar-refractivity contribution in [1.29, 1.82) is 0 Å². The van der Waals surface area contributed by atoms with Crippen LogP contribution in [0.2, 0.25) is 0 Å². The fourth-order valence-electron chi connectivity index (χ4n) is 2.76. The summed E-state index contributed by atoms with van der Waals surface area (Å²) in [6, 6.07) is -0.770. The molecule has 3 unspecified atom stereocenters. The normalized spacial score (nSPS) is 33.2. The number of rotatable bonds is 3. The van der Waals surface area contributed by atoms with Crippen LogP contribution in [-0.2, 0) is 9.59 Å². The number of aliphatic hydroxyl groups excluding tert-OH is 1. The minimum absolute atomic E-state index is 0.0584. The summed E-state index contributed by atoms with van der Waals surface area (Å²) in [5, 5.41) is 12.3. The maximum atomic E-state index is 11.6. The topological polar surface area (TPSA) is 95.7 Å². The van der Waals surface area contributed by atoms with Crippen molar-refractivity contribution in [3.05, 3.63) is 0 Å². The molecule has 0 aromatic carbocycles. The minimum Gasteiger partial charge on any atom is -0.391 e. The van der Waals surface area contributed by atoms with E-state index in [9.17, 15) is 14.7 Å². The van der Waals surface area contributed by atoms with Gasteiger partial charge < -0.3 is 16.2 Å². The highest BCUT2D eigenvalue weighted by atomic mass is 16.3. The lowest BCUT2D eigenvalue weighted by molar-refractivity contribution is -0.148. The van der Waals surface area contributed by atoms with Crippen molar-refractivity contribution >= 4 is 11.8 Å². The van der Waals surface area contributed by atoms with Crippen molar-refractivity contribution in [2.45, 2.75) is 37.5 Å². The predicted octanol–water partition coefficient (Wildman–Crippen LogP) is -1.81. The number of hydrogen-bond donors (Lipinski definition) is 3. The van der Waals surface area contributed by atoms with E-state index in [1.165, 1.54) is 6.92 Å². The smallest absolute Gasteiger partial charge is 0.242 e. The molecule has 0 aliphatic carbocycles. The number of carbonyl (C=O) groups is 2. The van der Waals surface area contributed by atoms with Crippen LogP contribution < -0.4 is 11.1 Å². The Morgan fingerprint density at radius 3 is 2.75 bits per heavy atom. The molecule has 0 aromatic rings. The molecule has 6 nitrogen and oxygen atoms in total. The number of aliphatic hydroxyl groups is 1. The highest BCUT2D eigenvalue weighted by Gasteiger charge is 2.56. The summed E-state index contributed by atoms with van der Waals surface area (Å²) in [4.78, 5) is 24.7. The Morgan fingerprint density at radius 2 is 2.38 bits per heavy atom. The molecule has 4 N–H and O–H groups in total. The van der Waals surface area contributed by atoms with Gasteiger partial charge in [0.1, 0.15) is 11.6 Å². The van der Waals surface area contributed by atoms with Gasteiger partial charge in [-0.3, -0.25) is 14.5 Å². The third-order valence-corrected chi connectivity index (χ3v) is 3.59. The van der Waals surface area contributed by atoms with Crippen LogP contribution in [-0.4, -0.2) is 52.6 Å². The molecular formula is C10H17N3O3. The molecule has 0 bridgehead atoms. The zero-order valence-electron chi connectivity index (χ0n) is 9.27. The van der Waals surface area contributed by atoms with Gasteiger partial charge in [-0.25, -0.2) is 0 Å². The molecule has 0 radical (unpaired) electrons. The summed E-state index contributed by atoms with van der Waals surface area (Å²) in [5.41, 5.74) is 4.69. The highest BCUT2D eigenvalue weighted by Crippen LogP contribution is 2.36. The Morgan fingerprint density at radius 1 is 1.69 bits per heavy atom. The van der Waals surface area contributed by atoms with E-state index in [0.717, 1.165) is 12.8 Å². The van der Waals surface area contributed by atoms with E-state index in [2.05, 4.69) is 5.32 Å². The highest BCUT2D eigenvalue weighted by molar-refractivity contribution is 5.94. The molecule has 90 valence electrons. The summed E-state index contributed by atoms with van der Waals surface area (Å²) < 4.78 is 0. The molecule has 2 rings (SSSR count). The van der Waals surface area contributed by atoms with Gasteiger partial charge >= 0.3 is 0 Å². The number of β-lactam (4-membered cyclic amide) rings is 1. The monoisotopic (exact) mass is 227 g/mol. The molecular weight excluding hydrogens is 210 g/mol. The predicted molar refractivity (Wildman–Crippen MR) is 56.3 cm³/mol. The van der Waals surface area contributed by atoms with Crippen LogP contribution in [0.3, 0.4) is 0 Å². The Kier molecular flexibility index (Phi) is 2.63. The van der Waals surface area contributed by atoms with Crippen LogP contribution in [0.4, 0.5) is 0 Å². The molecule has 1 spiro atoms. The van der Waals surface area contributed by atoms with Crippen LogP contribution in [0.15, 0.2) is 0 Å². The summed E-state index contributed by atoms with van der Waals surface area (Å²) >= 11 is 0. The molecule has 2 aliphatic rings. The molecule has 0 saturated carbocycles. The van der Waals surface area contributed by atoms with E-state index in [-0.39, 0.29) is 5.91 Å². The number of nitrogens with two attached hydrogens (primary N) is 1. The molecule has 2 amide bonds. The second kappa shape index (κ2) is 3.71. The van der Waals surface area contributed by atoms with Gasteiger partial charge in [0.25, 0.3) is 0 Å². The second-order valence-electron chi connectivity index (χ2n) is 4.60. The fraction of sp³-hybridized carbons (Fsp3) is 0.800. The van der Waals surface area contributed by atoms with E-state index in [1.807, 2.05) is 0 Å². The lowest BCUT2D eigenvalue weighted by Gasteiger charge is -2.47. The zero-order valence-corrected chi connectivity index (χ0v) is 9.27. The molecule has 0 aromatic heterocycles. The number of amides is 2. The van der Waals surface area contributed by atoms with E-state index in [1.54, 1.807) is 4.90 Å². The van der Waals surface area contributed by atoms with Gasteiger partial charge in [-0.05, 0) is 19.8 Å². The number of primary amides is 1. The molecule has 6 heteroatoms. The lowest BCUT2D eigenvalue weighted by Crippen LogP contribution is -2.74. The van der Waals surface area contributed by atoms with E-state index in [0.29, 0.717) is 13.1 Å². The maximum absolute atomic E-state index is 11.6. The van der Waals surface area contributed by atoms with Crippen LogP contribution in [0.5, 0.6) is 0 Å². The van der Waals surface area contributed by atoms with Gasteiger partial charge in [0.05, 0.1) is 6.10 Å². The van der Waals surface area contributed by atoms with Crippen LogP contribution in [0.25, 0.3) is 0 Å². The number of hydrogen-bond acceptors (Lipinski definition) is 4. The van der Waals surface area contributed by atoms with Crippen LogP contribution in [0, 0.1) is 0 Å². The number of nitrogens with one attached hydrogen (secondary N) is 1. The number of carbonyl (C=O) groups excluding carboxylic acids is 2. The summed E-state index contributed by atoms with van der Waals surface area (Å²) in [6.45, 7) is 2.70. The Bertz CT molecular complexity index is 331. The fourth-order valence-corrected chi connectivity index (χ4v) is 2.76. The number of nitrogens with zero attached hydrogens (tertiary/aromatic N) is 1. The molecule has 2 heterocycles. The Labute approximate surface area is 93.8 Å². The first kappa shape index (κ1) is 11.3.